The Balaban J connectivity index is 3.98. The minimum Gasteiger partial charge on any atom is -0.462 e. The Morgan fingerprint density at radius 3 is 0.865 bits per heavy atom. The van der Waals surface area contributed by atoms with Crippen molar-refractivity contribution in [2.75, 3.05) is 26.4 Å². The number of rotatable bonds is 64. The molecular formula is C79H128NO8P. The number of hydrogen-bond donors (Lipinski definition) is 2. The summed E-state index contributed by atoms with van der Waals surface area (Å²) in [6.45, 7) is 3.50. The van der Waals surface area contributed by atoms with Crippen LogP contribution in [0.25, 0.3) is 0 Å². The van der Waals surface area contributed by atoms with Gasteiger partial charge < -0.3 is 20.1 Å². The Labute approximate surface area is 545 Å². The highest BCUT2D eigenvalue weighted by atomic mass is 31.2. The topological polar surface area (TPSA) is 134 Å². The third-order valence-electron chi connectivity index (χ3n) is 14.3. The third-order valence-corrected chi connectivity index (χ3v) is 15.3. The molecule has 0 aromatic heterocycles. The van der Waals surface area contributed by atoms with Crippen LogP contribution in [0.5, 0.6) is 0 Å². The van der Waals surface area contributed by atoms with E-state index >= 15 is 0 Å². The monoisotopic (exact) mass is 1250 g/mol. The van der Waals surface area contributed by atoms with E-state index in [-0.39, 0.29) is 38.6 Å². The second kappa shape index (κ2) is 72.2. The molecule has 502 valence electrons. The summed E-state index contributed by atoms with van der Waals surface area (Å²) in [5.41, 5.74) is 5.40. The van der Waals surface area contributed by atoms with E-state index in [4.69, 9.17) is 24.3 Å². The SMILES string of the molecule is CC/C=C\C/C=C\C/C=C\C/C=C\C/C=C\C/C=C\C/C=C\C/C=C\C/C=C\C/C=C\CCCCCCCCCCC(=O)OC(COC(=O)CCCCCCCCCCCCCCC/C=C\C/C=C\C/C=C\C/C=C\C/C=C\CC)COP(=O)(O)OCCN. The van der Waals surface area contributed by atoms with Crippen molar-refractivity contribution >= 4 is 19.8 Å². The minimum atomic E-state index is -4.41. The standard InChI is InChI=1S/C79H128NO8P/c1-3-5-7-9-11-13-15-17-19-21-23-25-27-29-31-33-34-35-36-37-38-39-40-41-42-44-46-48-50-52-54-56-58-60-62-64-66-68-70-72-79(82)88-77(76-87-89(83,84)86-74-73-80)75-85-78(81)71-69-67-65-63-61-59-57-55-53-51-49-47-45-43-32-30-28-26-24-22-20-18-16-14-12-10-8-6-4-2/h5-8,11-14,17-20,23-26,29-32,34-35,37-38,40-41,44,46,50,52,77H,3-4,9-10,15-16,21-22,27-28,33,36,39,42-43,45,47-49,51,53-76,80H2,1-2H3,(H,83,84)/b7-5-,8-6-,13-11-,14-12-,19-17-,20-18-,25-23-,26-24-,31-29-,32-30-,35-34-,38-37-,41-40-,46-44-,52-50-. The van der Waals surface area contributed by atoms with Crippen LogP contribution in [-0.2, 0) is 32.7 Å². The Hall–Kier alpha value is -4.89. The highest BCUT2D eigenvalue weighted by Crippen LogP contribution is 2.43. The molecule has 0 bridgehead atoms. The third kappa shape index (κ3) is 72.1. The number of phosphoric ester groups is 1. The number of esters is 2. The van der Waals surface area contributed by atoms with E-state index in [1.54, 1.807) is 0 Å². The molecule has 0 radical (unpaired) electrons. The summed E-state index contributed by atoms with van der Waals surface area (Å²) < 4.78 is 33.2. The van der Waals surface area contributed by atoms with Gasteiger partial charge in [0.15, 0.2) is 6.10 Å². The minimum absolute atomic E-state index is 0.0433. The van der Waals surface area contributed by atoms with E-state index in [0.29, 0.717) is 6.42 Å². The lowest BCUT2D eigenvalue weighted by Gasteiger charge is -2.19. The van der Waals surface area contributed by atoms with Gasteiger partial charge in [-0.15, -0.1) is 0 Å². The molecule has 10 heteroatoms. The lowest BCUT2D eigenvalue weighted by atomic mass is 10.0. The Morgan fingerprint density at radius 1 is 0.337 bits per heavy atom. The second-order valence-corrected chi connectivity index (χ2v) is 24.1. The Morgan fingerprint density at radius 2 is 0.584 bits per heavy atom. The van der Waals surface area contributed by atoms with E-state index < -0.39 is 26.5 Å². The molecular weight excluding hydrogens is 1120 g/mol. The maximum absolute atomic E-state index is 12.8. The summed E-state index contributed by atoms with van der Waals surface area (Å²) in [6, 6.07) is 0. The van der Waals surface area contributed by atoms with Crippen LogP contribution in [0, 0.1) is 0 Å². The van der Waals surface area contributed by atoms with Gasteiger partial charge in [0.25, 0.3) is 0 Å². The van der Waals surface area contributed by atoms with Gasteiger partial charge in [-0.1, -0.05) is 305 Å². The molecule has 0 aliphatic heterocycles. The van der Waals surface area contributed by atoms with Gasteiger partial charge in [-0.3, -0.25) is 18.6 Å². The molecule has 3 N–H and O–H groups in total. The van der Waals surface area contributed by atoms with Crippen LogP contribution in [0.1, 0.15) is 271 Å². The molecule has 0 aromatic rings. The maximum Gasteiger partial charge on any atom is 0.472 e. The number of carbonyl (C=O) groups excluding carboxylic acids is 2. The molecule has 0 saturated carbocycles. The molecule has 0 heterocycles. The number of phosphoric acid groups is 1. The molecule has 2 unspecified atom stereocenters. The Bertz CT molecular complexity index is 2110. The van der Waals surface area contributed by atoms with E-state index in [9.17, 15) is 19.0 Å². The van der Waals surface area contributed by atoms with Crippen molar-refractivity contribution in [3.8, 4) is 0 Å². The average molecular weight is 1250 g/mol. The fraction of sp³-hybridized carbons (Fsp3) is 0.595. The first-order valence-electron chi connectivity index (χ1n) is 35.3. The first kappa shape index (κ1) is 84.1. The highest BCUT2D eigenvalue weighted by molar-refractivity contribution is 7.47. The fourth-order valence-corrected chi connectivity index (χ4v) is 9.93. The van der Waals surface area contributed by atoms with Crippen molar-refractivity contribution in [3.63, 3.8) is 0 Å². The zero-order valence-electron chi connectivity index (χ0n) is 56.3. The van der Waals surface area contributed by atoms with Crippen molar-refractivity contribution in [3.05, 3.63) is 182 Å². The quantitative estimate of drug-likeness (QED) is 0.0264. The summed E-state index contributed by atoms with van der Waals surface area (Å²) in [7, 11) is -4.41. The second-order valence-electron chi connectivity index (χ2n) is 22.6. The van der Waals surface area contributed by atoms with Crippen molar-refractivity contribution in [1.82, 2.24) is 0 Å². The van der Waals surface area contributed by atoms with Gasteiger partial charge in [-0.05, 0) is 135 Å². The van der Waals surface area contributed by atoms with Gasteiger partial charge in [0.1, 0.15) is 6.61 Å². The van der Waals surface area contributed by atoms with Crippen LogP contribution < -0.4 is 5.73 Å². The summed E-state index contributed by atoms with van der Waals surface area (Å²) in [5.74, 6) is -0.846. The van der Waals surface area contributed by atoms with Gasteiger partial charge in [0, 0.05) is 19.4 Å². The zero-order chi connectivity index (χ0) is 64.4. The van der Waals surface area contributed by atoms with E-state index in [2.05, 4.69) is 196 Å². The number of unbranched alkanes of at least 4 members (excludes halogenated alkanes) is 21. The van der Waals surface area contributed by atoms with Crippen molar-refractivity contribution in [1.29, 1.82) is 0 Å². The van der Waals surface area contributed by atoms with Crippen LogP contribution in [-0.4, -0.2) is 49.3 Å². The largest absolute Gasteiger partial charge is 0.472 e. The van der Waals surface area contributed by atoms with Crippen molar-refractivity contribution < 1.29 is 37.6 Å². The van der Waals surface area contributed by atoms with E-state index in [0.717, 1.165) is 148 Å². The number of hydrogen-bond acceptors (Lipinski definition) is 8. The highest BCUT2D eigenvalue weighted by Gasteiger charge is 2.26. The lowest BCUT2D eigenvalue weighted by Crippen LogP contribution is -2.29. The number of ether oxygens (including phenoxy) is 2. The van der Waals surface area contributed by atoms with Crippen LogP contribution in [0.2, 0.25) is 0 Å². The lowest BCUT2D eigenvalue weighted by molar-refractivity contribution is -0.161. The van der Waals surface area contributed by atoms with Crippen molar-refractivity contribution in [2.45, 2.75) is 277 Å². The van der Waals surface area contributed by atoms with Crippen LogP contribution in [0.4, 0.5) is 0 Å². The smallest absolute Gasteiger partial charge is 0.462 e. The summed E-state index contributed by atoms with van der Waals surface area (Å²) >= 11 is 0. The summed E-state index contributed by atoms with van der Waals surface area (Å²) in [5, 5.41) is 0. The molecule has 9 nitrogen and oxygen atoms in total. The van der Waals surface area contributed by atoms with Gasteiger partial charge in [-0.2, -0.15) is 0 Å². The van der Waals surface area contributed by atoms with E-state index in [1.807, 2.05) is 0 Å². The molecule has 0 rings (SSSR count). The van der Waals surface area contributed by atoms with E-state index in [1.165, 1.54) is 89.9 Å². The molecule has 0 aromatic carbocycles. The molecule has 0 saturated heterocycles. The van der Waals surface area contributed by atoms with Crippen LogP contribution in [0.3, 0.4) is 0 Å². The van der Waals surface area contributed by atoms with Gasteiger partial charge in [0.2, 0.25) is 0 Å². The molecule has 89 heavy (non-hydrogen) atoms. The number of allylic oxidation sites excluding steroid dienone is 30. The predicted molar refractivity (Wildman–Crippen MR) is 385 cm³/mol. The van der Waals surface area contributed by atoms with Gasteiger partial charge >= 0.3 is 19.8 Å². The van der Waals surface area contributed by atoms with Crippen molar-refractivity contribution in [2.24, 2.45) is 5.73 Å². The van der Waals surface area contributed by atoms with Gasteiger partial charge in [0.05, 0.1) is 13.2 Å². The zero-order valence-corrected chi connectivity index (χ0v) is 57.2. The fourth-order valence-electron chi connectivity index (χ4n) is 9.16. The first-order valence-corrected chi connectivity index (χ1v) is 36.8. The average Bonchev–Trinajstić information content (AvgIpc) is 3.68. The first-order chi connectivity index (χ1) is 43.8. The maximum atomic E-state index is 12.8. The molecule has 0 aliphatic rings. The predicted octanol–water partition coefficient (Wildman–Crippen LogP) is 23.5. The molecule has 0 fully saturated rings. The van der Waals surface area contributed by atoms with Crippen LogP contribution >= 0.6 is 7.82 Å². The number of nitrogens with two attached hydrogens (primary N) is 1. The molecule has 0 spiro atoms. The summed E-state index contributed by atoms with van der Waals surface area (Å²) in [4.78, 5) is 35.4. The molecule has 0 amide bonds. The van der Waals surface area contributed by atoms with Crippen LogP contribution in [0.15, 0.2) is 182 Å². The number of carbonyl (C=O) groups is 2. The normalized spacial score (nSPS) is 14.1. The molecule has 2 atom stereocenters. The summed E-state index contributed by atoms with van der Waals surface area (Å²) in [6.07, 6.45) is 108. The Kier molecular flexibility index (Phi) is 68.2. The van der Waals surface area contributed by atoms with Gasteiger partial charge in [-0.25, -0.2) is 4.57 Å². The molecule has 0 aliphatic carbocycles.